The zero-order chi connectivity index (χ0) is 13.2. The van der Waals surface area contributed by atoms with Gasteiger partial charge >= 0.3 is 29.6 Å². The first-order valence-corrected chi connectivity index (χ1v) is 6.55. The number of benzene rings is 2. The maximum Gasteiger partial charge on any atom is 1.00 e. The van der Waals surface area contributed by atoms with E-state index in [4.69, 9.17) is 0 Å². The molecule has 0 aliphatic heterocycles. The molecule has 0 atom stereocenters. The number of hydrogen-bond acceptors (Lipinski definition) is 4. The Hall–Kier alpha value is -0.980. The molecule has 0 aliphatic carbocycles. The maximum atomic E-state index is 12.0. The molecule has 0 N–H and O–H groups in total. The Morgan fingerprint density at radius 2 is 1.32 bits per heavy atom. The fourth-order valence-corrected chi connectivity index (χ4v) is 2.00. The van der Waals surface area contributed by atoms with Gasteiger partial charge in [-0.2, -0.15) is 0 Å². The molecule has 0 bridgehead atoms. The van der Waals surface area contributed by atoms with Gasteiger partial charge < -0.3 is 4.55 Å². The Kier molecular flexibility index (Phi) is 5.46. The molecule has 0 radical (unpaired) electrons. The average molecular weight is 284 g/mol. The molecule has 0 aliphatic rings. The van der Waals surface area contributed by atoms with Crippen molar-refractivity contribution < 1.29 is 47.3 Å². The van der Waals surface area contributed by atoms with Crippen LogP contribution in [0.5, 0.6) is 0 Å². The second-order valence-corrected chi connectivity index (χ2v) is 5.05. The summed E-state index contributed by atoms with van der Waals surface area (Å²) in [5.41, 5.74) is 0.851. The van der Waals surface area contributed by atoms with E-state index in [1.165, 1.54) is 12.1 Å². The van der Waals surface area contributed by atoms with Gasteiger partial charge in [0, 0.05) is 11.1 Å². The van der Waals surface area contributed by atoms with Gasteiger partial charge in [-0.15, -0.1) is 0 Å². The Bertz CT molecular complexity index is 664. The third-order valence-electron chi connectivity index (χ3n) is 2.44. The van der Waals surface area contributed by atoms with Crippen molar-refractivity contribution in [2.24, 2.45) is 0 Å². The van der Waals surface area contributed by atoms with Crippen LogP contribution in [-0.4, -0.2) is 18.8 Å². The Balaban J connectivity index is 0.00000180. The third kappa shape index (κ3) is 3.99. The minimum absolute atomic E-state index is 0. The molecular formula is C13H9NaO4S. The van der Waals surface area contributed by atoms with Gasteiger partial charge in [0.25, 0.3) is 0 Å². The fourth-order valence-electron chi connectivity index (χ4n) is 1.53. The van der Waals surface area contributed by atoms with Gasteiger partial charge in [0.05, 0.1) is 4.90 Å². The normalized spacial score (nSPS) is 10.6. The summed E-state index contributed by atoms with van der Waals surface area (Å²) in [6.45, 7) is 0. The van der Waals surface area contributed by atoms with Gasteiger partial charge in [-0.05, 0) is 24.3 Å². The molecule has 2 aromatic carbocycles. The summed E-state index contributed by atoms with van der Waals surface area (Å²) in [5, 5.41) is 0. The quantitative estimate of drug-likeness (QED) is 0.404. The van der Waals surface area contributed by atoms with Crippen molar-refractivity contribution in [1.29, 1.82) is 0 Å². The molecule has 0 heterocycles. The van der Waals surface area contributed by atoms with Gasteiger partial charge in [0.1, 0.15) is 10.1 Å². The van der Waals surface area contributed by atoms with Crippen LogP contribution in [0.3, 0.4) is 0 Å². The molecule has 4 nitrogen and oxygen atoms in total. The van der Waals surface area contributed by atoms with Crippen molar-refractivity contribution in [3.05, 3.63) is 65.7 Å². The van der Waals surface area contributed by atoms with Crippen LogP contribution >= 0.6 is 0 Å². The van der Waals surface area contributed by atoms with Crippen LogP contribution in [0.25, 0.3) is 0 Å². The smallest absolute Gasteiger partial charge is 0.744 e. The molecule has 0 aromatic heterocycles. The number of hydrogen-bond donors (Lipinski definition) is 0. The Labute approximate surface area is 133 Å². The van der Waals surface area contributed by atoms with Gasteiger partial charge in [-0.25, -0.2) is 8.42 Å². The van der Waals surface area contributed by atoms with Crippen molar-refractivity contribution in [1.82, 2.24) is 0 Å². The SMILES string of the molecule is O=C(c1ccccc1)c1ccc(S(=O)(=O)[O-])cc1.[Na+]. The summed E-state index contributed by atoms with van der Waals surface area (Å²) in [6, 6.07) is 13.6. The molecule has 6 heteroatoms. The van der Waals surface area contributed by atoms with E-state index in [0.717, 1.165) is 12.1 Å². The van der Waals surface area contributed by atoms with E-state index in [-0.39, 0.29) is 40.2 Å². The Morgan fingerprint density at radius 3 is 1.79 bits per heavy atom. The number of carbonyl (C=O) groups excluding carboxylic acids is 1. The van der Waals surface area contributed by atoms with Gasteiger partial charge in [-0.1, -0.05) is 30.3 Å². The molecule has 0 unspecified atom stereocenters. The fraction of sp³-hybridized carbons (Fsp3) is 0. The third-order valence-corrected chi connectivity index (χ3v) is 3.29. The van der Waals surface area contributed by atoms with Crippen LogP contribution in [0.4, 0.5) is 0 Å². The van der Waals surface area contributed by atoms with Crippen molar-refractivity contribution in [3.8, 4) is 0 Å². The number of rotatable bonds is 3. The minimum Gasteiger partial charge on any atom is -0.744 e. The molecule has 0 fully saturated rings. The summed E-state index contributed by atoms with van der Waals surface area (Å²) >= 11 is 0. The molecule has 2 aromatic rings. The first-order valence-electron chi connectivity index (χ1n) is 5.14. The predicted octanol–water partition coefficient (Wildman–Crippen LogP) is -1.17. The second kappa shape index (κ2) is 6.45. The van der Waals surface area contributed by atoms with E-state index < -0.39 is 10.1 Å². The molecule has 0 amide bonds. The van der Waals surface area contributed by atoms with Crippen LogP contribution in [-0.2, 0) is 10.1 Å². The summed E-state index contributed by atoms with van der Waals surface area (Å²) in [4.78, 5) is 11.6. The van der Waals surface area contributed by atoms with Crippen LogP contribution in [0.1, 0.15) is 15.9 Å². The van der Waals surface area contributed by atoms with Crippen LogP contribution in [0, 0.1) is 0 Å². The molecule has 0 saturated heterocycles. The summed E-state index contributed by atoms with van der Waals surface area (Å²) in [7, 11) is -4.47. The zero-order valence-electron chi connectivity index (χ0n) is 10.2. The van der Waals surface area contributed by atoms with Gasteiger partial charge in [0.15, 0.2) is 5.78 Å². The molecule has 2 rings (SSSR count). The van der Waals surface area contributed by atoms with E-state index >= 15 is 0 Å². The average Bonchev–Trinajstić information content (AvgIpc) is 2.38. The van der Waals surface area contributed by atoms with E-state index in [1.54, 1.807) is 30.3 Å². The van der Waals surface area contributed by atoms with Crippen LogP contribution < -0.4 is 29.6 Å². The van der Waals surface area contributed by atoms with Gasteiger partial charge in [0.2, 0.25) is 0 Å². The molecule has 92 valence electrons. The summed E-state index contributed by atoms with van der Waals surface area (Å²) < 4.78 is 32.2. The monoisotopic (exact) mass is 284 g/mol. The van der Waals surface area contributed by atoms with Crippen molar-refractivity contribution >= 4 is 15.9 Å². The summed E-state index contributed by atoms with van der Waals surface area (Å²) in [6.07, 6.45) is 0. The van der Waals surface area contributed by atoms with Crippen molar-refractivity contribution in [3.63, 3.8) is 0 Å². The first-order chi connectivity index (χ1) is 8.48. The number of carbonyl (C=O) groups is 1. The van der Waals surface area contributed by atoms with Gasteiger partial charge in [-0.3, -0.25) is 4.79 Å². The topological polar surface area (TPSA) is 74.3 Å². The van der Waals surface area contributed by atoms with Crippen molar-refractivity contribution in [2.45, 2.75) is 4.90 Å². The van der Waals surface area contributed by atoms with Crippen LogP contribution in [0.15, 0.2) is 59.5 Å². The van der Waals surface area contributed by atoms with E-state index in [9.17, 15) is 17.8 Å². The van der Waals surface area contributed by atoms with E-state index in [1.807, 2.05) is 0 Å². The molecular weight excluding hydrogens is 275 g/mol. The number of ketones is 1. The second-order valence-electron chi connectivity index (χ2n) is 3.67. The summed E-state index contributed by atoms with van der Waals surface area (Å²) in [5.74, 6) is -0.217. The Morgan fingerprint density at radius 1 is 0.842 bits per heavy atom. The molecule has 0 saturated carbocycles. The standard InChI is InChI=1S/C13H10O4S.Na/c14-13(10-4-2-1-3-5-10)11-6-8-12(9-7-11)18(15,16)17;/h1-9H,(H,15,16,17);/q;+1/p-1. The molecule has 0 spiro atoms. The first kappa shape index (κ1) is 16.1. The molecule has 19 heavy (non-hydrogen) atoms. The van der Waals surface area contributed by atoms with E-state index in [2.05, 4.69) is 0 Å². The van der Waals surface area contributed by atoms with Crippen molar-refractivity contribution in [2.75, 3.05) is 0 Å². The zero-order valence-corrected chi connectivity index (χ0v) is 13.1. The minimum atomic E-state index is -4.47. The largest absolute Gasteiger partial charge is 1.00 e. The van der Waals surface area contributed by atoms with E-state index in [0.29, 0.717) is 11.1 Å². The maximum absolute atomic E-state index is 12.0. The predicted molar refractivity (Wildman–Crippen MR) is 64.3 cm³/mol. The van der Waals surface area contributed by atoms with Crippen LogP contribution in [0.2, 0.25) is 0 Å².